The molecule has 4 N–H and O–H groups in total. The Morgan fingerprint density at radius 2 is 0.983 bits per heavy atom. The number of nitrogens with two attached hydrogens (primary N) is 1. The minimum absolute atomic E-state index is 0.0390. The molecule has 0 aromatic heterocycles. The second kappa shape index (κ2) is 45.0. The summed E-state index contributed by atoms with van der Waals surface area (Å²) in [6.07, 6.45) is 50.0. The third-order valence-corrected chi connectivity index (χ3v) is 11.2. The van der Waals surface area contributed by atoms with E-state index in [-0.39, 0.29) is 38.7 Å². The predicted octanol–water partition coefficient (Wildman–Crippen LogP) is 13.3. The molecule has 0 aromatic rings. The van der Waals surface area contributed by atoms with Gasteiger partial charge in [-0.25, -0.2) is 4.57 Å². The first-order valence-corrected chi connectivity index (χ1v) is 25.6. The van der Waals surface area contributed by atoms with Crippen LogP contribution in [0.3, 0.4) is 0 Å². The van der Waals surface area contributed by atoms with E-state index < -0.39 is 32.5 Å². The van der Waals surface area contributed by atoms with Gasteiger partial charge in [-0.1, -0.05) is 184 Å². The smallest absolute Gasteiger partial charge is 0.462 e. The van der Waals surface area contributed by atoms with Crippen molar-refractivity contribution in [1.82, 2.24) is 0 Å². The van der Waals surface area contributed by atoms with E-state index in [4.69, 9.17) is 24.3 Å². The zero-order valence-corrected chi connectivity index (χ0v) is 39.2. The normalized spacial score (nSPS) is 14.2. The van der Waals surface area contributed by atoms with Gasteiger partial charge in [0.05, 0.1) is 19.3 Å². The molecular weight excluding hydrogens is 778 g/mol. The van der Waals surface area contributed by atoms with E-state index in [0.29, 0.717) is 12.8 Å². The molecule has 0 aliphatic rings. The molecule has 0 bridgehead atoms. The molecule has 10 nitrogen and oxygen atoms in total. The number of allylic oxidation sites excluding steroid dienone is 8. The Labute approximate surface area is 367 Å². The monoisotopic (exact) mass is 868 g/mol. The summed E-state index contributed by atoms with van der Waals surface area (Å²) in [4.78, 5) is 34.9. The number of phosphoric ester groups is 1. The number of hydrogen-bond acceptors (Lipinski definition) is 9. The lowest BCUT2D eigenvalue weighted by molar-refractivity contribution is -0.161. The number of aliphatic hydroxyl groups is 1. The van der Waals surface area contributed by atoms with Crippen LogP contribution in [0.2, 0.25) is 0 Å². The average molecular weight is 868 g/mol. The van der Waals surface area contributed by atoms with Crippen LogP contribution < -0.4 is 5.73 Å². The topological polar surface area (TPSA) is 155 Å². The maximum Gasteiger partial charge on any atom is 0.472 e. The molecule has 0 saturated heterocycles. The summed E-state index contributed by atoms with van der Waals surface area (Å²) in [5.74, 6) is -0.905. The Morgan fingerprint density at radius 3 is 1.43 bits per heavy atom. The van der Waals surface area contributed by atoms with Gasteiger partial charge in [-0.2, -0.15) is 0 Å². The second-order valence-corrected chi connectivity index (χ2v) is 17.7. The Hall–Kier alpha value is -2.07. The lowest BCUT2D eigenvalue weighted by atomic mass is 10.0. The molecule has 0 aliphatic carbocycles. The van der Waals surface area contributed by atoms with E-state index >= 15 is 0 Å². The molecule has 0 fully saturated rings. The lowest BCUT2D eigenvalue weighted by Crippen LogP contribution is -2.29. The number of carbonyl (C=O) groups is 2. The van der Waals surface area contributed by atoms with Crippen molar-refractivity contribution >= 4 is 19.8 Å². The van der Waals surface area contributed by atoms with Crippen LogP contribution in [0.1, 0.15) is 213 Å². The molecule has 3 atom stereocenters. The number of rotatable bonds is 45. The van der Waals surface area contributed by atoms with E-state index in [1.54, 1.807) is 0 Å². The highest BCUT2D eigenvalue weighted by Gasteiger charge is 2.26. The molecule has 0 amide bonds. The van der Waals surface area contributed by atoms with Gasteiger partial charge in [0.25, 0.3) is 0 Å². The third-order valence-electron chi connectivity index (χ3n) is 10.2. The maximum absolute atomic E-state index is 12.6. The van der Waals surface area contributed by atoms with Gasteiger partial charge in [-0.3, -0.25) is 18.6 Å². The zero-order chi connectivity index (χ0) is 44.0. The van der Waals surface area contributed by atoms with Gasteiger partial charge < -0.3 is 25.2 Å². The maximum atomic E-state index is 12.6. The molecule has 0 radical (unpaired) electrons. The second-order valence-electron chi connectivity index (χ2n) is 16.3. The fraction of sp³-hybridized carbons (Fsp3) is 0.796. The lowest BCUT2D eigenvalue weighted by Gasteiger charge is -2.19. The van der Waals surface area contributed by atoms with Crippen molar-refractivity contribution in [2.75, 3.05) is 26.4 Å². The quantitative estimate of drug-likeness (QED) is 0.0233. The summed E-state index contributed by atoms with van der Waals surface area (Å²) in [5, 5.41) is 9.28. The number of hydrogen-bond donors (Lipinski definition) is 3. The standard InChI is InChI=1S/C49H90NO9P/c1-3-4-5-6-7-8-9-10-11-12-13-14-15-16-19-22-25-28-31-34-37-40-48(52)56-44-47(45-58-60(54,55)57-43-42-50)59-49(53)41-38-35-32-29-26-23-20-17-18-21-24-27-30-33-36-39-46(2)51/h18,20-21,23,27,29-30,32,46-47,51H,3-17,19,22,24-26,28,31,33-45,50H2,1-2H3,(H,54,55)/b21-18-,23-20-,30-27-,32-29-/t46-,47+/m0/s1. The number of esters is 2. The number of phosphoric acid groups is 1. The van der Waals surface area contributed by atoms with Crippen LogP contribution in [0.25, 0.3) is 0 Å². The van der Waals surface area contributed by atoms with Crippen molar-refractivity contribution in [2.45, 2.75) is 225 Å². The molecule has 350 valence electrons. The molecule has 60 heavy (non-hydrogen) atoms. The van der Waals surface area contributed by atoms with Crippen molar-refractivity contribution in [3.05, 3.63) is 48.6 Å². The van der Waals surface area contributed by atoms with Crippen molar-refractivity contribution in [3.63, 3.8) is 0 Å². The molecule has 0 rings (SSSR count). The van der Waals surface area contributed by atoms with Crippen LogP contribution in [0.4, 0.5) is 0 Å². The fourth-order valence-corrected chi connectivity index (χ4v) is 7.41. The zero-order valence-electron chi connectivity index (χ0n) is 38.3. The summed E-state index contributed by atoms with van der Waals surface area (Å²) in [6.45, 7) is 3.23. The number of unbranched alkanes of at least 4 members (excludes halogenated alkanes) is 22. The summed E-state index contributed by atoms with van der Waals surface area (Å²) in [7, 11) is -4.40. The summed E-state index contributed by atoms with van der Waals surface area (Å²) < 4.78 is 32.8. The molecule has 11 heteroatoms. The van der Waals surface area contributed by atoms with Crippen LogP contribution in [0, 0.1) is 0 Å². The Morgan fingerprint density at radius 1 is 0.567 bits per heavy atom. The van der Waals surface area contributed by atoms with Crippen molar-refractivity contribution in [3.8, 4) is 0 Å². The van der Waals surface area contributed by atoms with E-state index in [1.165, 1.54) is 116 Å². The summed E-state index contributed by atoms with van der Waals surface area (Å²) >= 11 is 0. The highest BCUT2D eigenvalue weighted by Crippen LogP contribution is 2.43. The molecule has 0 aliphatic heterocycles. The Bertz CT molecular complexity index is 1140. The molecule has 1 unspecified atom stereocenters. The van der Waals surface area contributed by atoms with Crippen LogP contribution in [-0.4, -0.2) is 60.5 Å². The minimum Gasteiger partial charge on any atom is -0.462 e. The summed E-state index contributed by atoms with van der Waals surface area (Å²) in [6, 6.07) is 0. The molecule has 0 heterocycles. The fourth-order valence-electron chi connectivity index (χ4n) is 6.65. The Kier molecular flexibility index (Phi) is 43.4. The van der Waals surface area contributed by atoms with Crippen LogP contribution in [0.15, 0.2) is 48.6 Å². The van der Waals surface area contributed by atoms with Gasteiger partial charge in [0.15, 0.2) is 6.10 Å². The molecule has 0 aromatic carbocycles. The van der Waals surface area contributed by atoms with Gasteiger partial charge in [0, 0.05) is 19.4 Å². The first-order chi connectivity index (χ1) is 29.2. The van der Waals surface area contributed by atoms with Crippen LogP contribution in [-0.2, 0) is 32.7 Å². The highest BCUT2D eigenvalue weighted by molar-refractivity contribution is 7.47. The molecule has 0 spiro atoms. The predicted molar refractivity (Wildman–Crippen MR) is 249 cm³/mol. The number of carbonyl (C=O) groups excluding carboxylic acids is 2. The first-order valence-electron chi connectivity index (χ1n) is 24.1. The Balaban J connectivity index is 4.13. The van der Waals surface area contributed by atoms with Crippen molar-refractivity contribution in [1.29, 1.82) is 0 Å². The van der Waals surface area contributed by atoms with E-state index in [9.17, 15) is 24.2 Å². The number of ether oxygens (including phenoxy) is 2. The van der Waals surface area contributed by atoms with Crippen molar-refractivity contribution < 1.29 is 42.7 Å². The van der Waals surface area contributed by atoms with Crippen LogP contribution >= 0.6 is 7.82 Å². The minimum atomic E-state index is -4.40. The first kappa shape index (κ1) is 57.9. The van der Waals surface area contributed by atoms with Gasteiger partial charge in [-0.05, 0) is 64.7 Å². The third kappa shape index (κ3) is 45.5. The van der Waals surface area contributed by atoms with E-state index in [0.717, 1.165) is 57.8 Å². The number of aliphatic hydroxyl groups excluding tert-OH is 1. The van der Waals surface area contributed by atoms with Gasteiger partial charge >= 0.3 is 19.8 Å². The van der Waals surface area contributed by atoms with Crippen LogP contribution in [0.5, 0.6) is 0 Å². The summed E-state index contributed by atoms with van der Waals surface area (Å²) in [5.41, 5.74) is 5.35. The van der Waals surface area contributed by atoms with Gasteiger partial charge in [0.2, 0.25) is 0 Å². The SMILES string of the molecule is CCCCCCCCCCCCCCCCCCCCCCCC(=O)OC[C@H](COP(=O)(O)OCCN)OC(=O)CCC/C=C\C/C=C\C/C=C\C/C=C\CCC[C@H](C)O. The molecular formula is C49H90NO9P. The van der Waals surface area contributed by atoms with E-state index in [1.807, 2.05) is 13.0 Å². The van der Waals surface area contributed by atoms with Crippen molar-refractivity contribution in [2.24, 2.45) is 5.73 Å². The van der Waals surface area contributed by atoms with E-state index in [2.05, 4.69) is 49.5 Å². The van der Waals surface area contributed by atoms with Gasteiger partial charge in [-0.15, -0.1) is 0 Å². The molecule has 0 saturated carbocycles. The van der Waals surface area contributed by atoms with Gasteiger partial charge in [0.1, 0.15) is 6.61 Å². The largest absolute Gasteiger partial charge is 0.472 e. The highest BCUT2D eigenvalue weighted by atomic mass is 31.2. The average Bonchev–Trinajstić information content (AvgIpc) is 3.22.